The molecule has 6 heteroatoms. The monoisotopic (exact) mass is 296 g/mol. The molecule has 118 valence electrons. The van der Waals surface area contributed by atoms with E-state index in [1.54, 1.807) is 11.8 Å². The highest BCUT2D eigenvalue weighted by Crippen LogP contribution is 2.20. The third-order valence-electron chi connectivity index (χ3n) is 4.15. The van der Waals surface area contributed by atoms with E-state index in [1.807, 2.05) is 0 Å². The molecule has 1 unspecified atom stereocenters. The minimum absolute atomic E-state index is 0.289. The second kappa shape index (κ2) is 7.43. The lowest BCUT2D eigenvalue weighted by Crippen LogP contribution is -2.54. The molecule has 2 fully saturated rings. The number of carbonyl (C=O) groups is 3. The number of hydrogen-bond donors (Lipinski definition) is 0. The number of carbonyl (C=O) groups excluding carboxylic acids is 3. The van der Waals surface area contributed by atoms with Crippen molar-refractivity contribution in [3.8, 4) is 0 Å². The van der Waals surface area contributed by atoms with Crippen LogP contribution in [0.4, 0.5) is 0 Å². The number of rotatable bonds is 2. The number of amides is 2. The fourth-order valence-corrected chi connectivity index (χ4v) is 3.01. The van der Waals surface area contributed by atoms with Gasteiger partial charge in [-0.05, 0) is 45.4 Å². The molecular weight excluding hydrogens is 272 g/mol. The van der Waals surface area contributed by atoms with E-state index in [2.05, 4.69) is 0 Å². The third kappa shape index (κ3) is 3.74. The maximum Gasteiger partial charge on any atom is 0.328 e. The molecule has 0 radical (unpaired) electrons. The van der Waals surface area contributed by atoms with Gasteiger partial charge in [-0.25, -0.2) is 4.79 Å². The van der Waals surface area contributed by atoms with Crippen molar-refractivity contribution in [2.45, 2.75) is 51.5 Å². The van der Waals surface area contributed by atoms with Gasteiger partial charge in [0, 0.05) is 19.6 Å². The van der Waals surface area contributed by atoms with E-state index in [9.17, 15) is 14.4 Å². The Morgan fingerprint density at radius 1 is 0.952 bits per heavy atom. The third-order valence-corrected chi connectivity index (χ3v) is 4.15. The van der Waals surface area contributed by atoms with Gasteiger partial charge in [-0.3, -0.25) is 9.59 Å². The Morgan fingerprint density at radius 2 is 1.62 bits per heavy atom. The second-order valence-corrected chi connectivity index (χ2v) is 5.62. The summed E-state index contributed by atoms with van der Waals surface area (Å²) in [6.45, 7) is 3.77. The zero-order valence-electron chi connectivity index (χ0n) is 12.7. The first-order valence-electron chi connectivity index (χ1n) is 7.91. The van der Waals surface area contributed by atoms with Crippen molar-refractivity contribution in [1.82, 2.24) is 9.80 Å². The van der Waals surface area contributed by atoms with Crippen LogP contribution in [0.5, 0.6) is 0 Å². The van der Waals surface area contributed by atoms with Crippen LogP contribution in [0, 0.1) is 0 Å². The summed E-state index contributed by atoms with van der Waals surface area (Å²) in [7, 11) is 0. The number of esters is 1. The normalized spacial score (nSPS) is 22.8. The highest BCUT2D eigenvalue weighted by molar-refractivity contribution is 6.35. The van der Waals surface area contributed by atoms with Crippen LogP contribution in [0.25, 0.3) is 0 Å². The Kier molecular flexibility index (Phi) is 5.59. The minimum atomic E-state index is -0.597. The lowest BCUT2D eigenvalue weighted by Gasteiger charge is -2.35. The maximum atomic E-state index is 12.4. The van der Waals surface area contributed by atoms with Crippen LogP contribution in [0.3, 0.4) is 0 Å². The van der Waals surface area contributed by atoms with Gasteiger partial charge in [-0.2, -0.15) is 0 Å². The topological polar surface area (TPSA) is 66.9 Å². The van der Waals surface area contributed by atoms with Crippen LogP contribution in [-0.2, 0) is 19.1 Å². The minimum Gasteiger partial charge on any atom is -0.464 e. The molecular formula is C15H24N2O4. The highest BCUT2D eigenvalue weighted by Gasteiger charge is 2.37. The predicted molar refractivity (Wildman–Crippen MR) is 76.4 cm³/mol. The van der Waals surface area contributed by atoms with Gasteiger partial charge >= 0.3 is 17.8 Å². The van der Waals surface area contributed by atoms with Gasteiger partial charge in [0.15, 0.2) is 0 Å². The van der Waals surface area contributed by atoms with Crippen LogP contribution in [0.2, 0.25) is 0 Å². The lowest BCUT2D eigenvalue weighted by molar-refractivity contribution is -0.162. The average Bonchev–Trinajstić information content (AvgIpc) is 2.54. The molecule has 2 amide bonds. The predicted octanol–water partition coefficient (Wildman–Crippen LogP) is 0.943. The molecule has 2 heterocycles. The largest absolute Gasteiger partial charge is 0.464 e. The van der Waals surface area contributed by atoms with Gasteiger partial charge in [0.2, 0.25) is 0 Å². The summed E-state index contributed by atoms with van der Waals surface area (Å²) in [5.74, 6) is -1.41. The molecule has 0 aromatic carbocycles. The van der Waals surface area contributed by atoms with Crippen molar-refractivity contribution in [2.75, 3.05) is 26.2 Å². The molecule has 0 aromatic rings. The molecule has 0 N–H and O–H groups in total. The quantitative estimate of drug-likeness (QED) is 0.562. The Morgan fingerprint density at radius 3 is 2.29 bits per heavy atom. The van der Waals surface area contributed by atoms with Crippen LogP contribution in [0.15, 0.2) is 0 Å². The maximum absolute atomic E-state index is 12.4. The van der Waals surface area contributed by atoms with Crippen molar-refractivity contribution < 1.29 is 19.1 Å². The molecule has 0 aliphatic carbocycles. The molecule has 6 nitrogen and oxygen atoms in total. The Bertz CT molecular complexity index is 404. The van der Waals surface area contributed by atoms with Crippen molar-refractivity contribution in [3.05, 3.63) is 0 Å². The van der Waals surface area contributed by atoms with Gasteiger partial charge in [0.05, 0.1) is 6.61 Å². The van der Waals surface area contributed by atoms with E-state index in [4.69, 9.17) is 4.74 Å². The Balaban J connectivity index is 2.03. The summed E-state index contributed by atoms with van der Waals surface area (Å²) in [6.07, 6.45) is 5.28. The SMILES string of the molecule is CCOC(=O)C1CCCCN1C(=O)C(=O)N1CCCCC1. The number of nitrogens with zero attached hydrogens (tertiary/aromatic N) is 2. The zero-order valence-corrected chi connectivity index (χ0v) is 12.7. The standard InChI is InChI=1S/C15H24N2O4/c1-2-21-15(20)12-8-4-7-11-17(12)14(19)13(18)16-9-5-3-6-10-16/h12H,2-11H2,1H3. The van der Waals surface area contributed by atoms with E-state index in [-0.39, 0.29) is 6.61 Å². The van der Waals surface area contributed by atoms with Crippen molar-refractivity contribution in [2.24, 2.45) is 0 Å². The molecule has 2 aliphatic heterocycles. The molecule has 1 atom stereocenters. The van der Waals surface area contributed by atoms with Crippen LogP contribution < -0.4 is 0 Å². The van der Waals surface area contributed by atoms with Gasteiger partial charge in [-0.1, -0.05) is 0 Å². The second-order valence-electron chi connectivity index (χ2n) is 5.62. The fraction of sp³-hybridized carbons (Fsp3) is 0.800. The van der Waals surface area contributed by atoms with Crippen LogP contribution in [-0.4, -0.2) is 59.9 Å². The Labute approximate surface area is 125 Å². The average molecular weight is 296 g/mol. The Hall–Kier alpha value is -1.59. The first kappa shape index (κ1) is 15.8. The summed E-state index contributed by atoms with van der Waals surface area (Å²) >= 11 is 0. The smallest absolute Gasteiger partial charge is 0.328 e. The van der Waals surface area contributed by atoms with Gasteiger partial charge < -0.3 is 14.5 Å². The van der Waals surface area contributed by atoms with E-state index in [0.29, 0.717) is 26.1 Å². The summed E-state index contributed by atoms with van der Waals surface area (Å²) in [4.78, 5) is 39.7. The number of ether oxygens (including phenoxy) is 1. The first-order valence-corrected chi connectivity index (χ1v) is 7.91. The molecule has 21 heavy (non-hydrogen) atoms. The molecule has 0 spiro atoms. The van der Waals surface area contributed by atoms with Crippen molar-refractivity contribution in [3.63, 3.8) is 0 Å². The van der Waals surface area contributed by atoms with Crippen molar-refractivity contribution >= 4 is 17.8 Å². The van der Waals surface area contributed by atoms with E-state index >= 15 is 0 Å². The molecule has 0 saturated carbocycles. The van der Waals surface area contributed by atoms with Crippen LogP contribution >= 0.6 is 0 Å². The molecule has 2 aliphatic rings. The fourth-order valence-electron chi connectivity index (χ4n) is 3.01. The van der Waals surface area contributed by atoms with E-state index in [1.165, 1.54) is 4.90 Å². The van der Waals surface area contributed by atoms with Gasteiger partial charge in [-0.15, -0.1) is 0 Å². The summed E-state index contributed by atoms with van der Waals surface area (Å²) < 4.78 is 5.03. The molecule has 0 bridgehead atoms. The van der Waals surface area contributed by atoms with Gasteiger partial charge in [0.1, 0.15) is 6.04 Å². The van der Waals surface area contributed by atoms with Crippen molar-refractivity contribution in [1.29, 1.82) is 0 Å². The first-order chi connectivity index (χ1) is 10.1. The number of piperidine rings is 2. The number of likely N-dealkylation sites (tertiary alicyclic amines) is 2. The zero-order chi connectivity index (χ0) is 15.2. The molecule has 2 rings (SSSR count). The van der Waals surface area contributed by atoms with E-state index < -0.39 is 23.8 Å². The summed E-state index contributed by atoms with van der Waals surface area (Å²) in [5.41, 5.74) is 0. The number of hydrogen-bond acceptors (Lipinski definition) is 4. The summed E-state index contributed by atoms with van der Waals surface area (Å²) in [5, 5.41) is 0. The highest BCUT2D eigenvalue weighted by atomic mass is 16.5. The van der Waals surface area contributed by atoms with E-state index in [0.717, 1.165) is 32.1 Å². The lowest BCUT2D eigenvalue weighted by atomic mass is 10.0. The molecule has 0 aromatic heterocycles. The van der Waals surface area contributed by atoms with Gasteiger partial charge in [0.25, 0.3) is 0 Å². The molecule has 2 saturated heterocycles. The summed E-state index contributed by atoms with van der Waals surface area (Å²) in [6, 6.07) is -0.597. The van der Waals surface area contributed by atoms with Crippen LogP contribution in [0.1, 0.15) is 45.4 Å².